The van der Waals surface area contributed by atoms with Gasteiger partial charge in [0.1, 0.15) is 0 Å². The van der Waals surface area contributed by atoms with Crippen LogP contribution in [0.15, 0.2) is 48.5 Å². The van der Waals surface area contributed by atoms with Crippen LogP contribution in [0, 0.1) is 0 Å². The molecule has 4 nitrogen and oxygen atoms in total. The van der Waals surface area contributed by atoms with Gasteiger partial charge in [0.15, 0.2) is 0 Å². The van der Waals surface area contributed by atoms with Gasteiger partial charge in [0, 0.05) is 35.8 Å². The number of rotatable bonds is 4. The molecule has 1 amide bonds. The van der Waals surface area contributed by atoms with Gasteiger partial charge in [0.05, 0.1) is 0 Å². The Kier molecular flexibility index (Phi) is 4.28. The van der Waals surface area contributed by atoms with Crippen molar-refractivity contribution in [3.05, 3.63) is 70.9 Å². The highest BCUT2D eigenvalue weighted by Crippen LogP contribution is 2.32. The second-order valence-electron chi connectivity index (χ2n) is 6.64. The molecule has 4 heteroatoms. The van der Waals surface area contributed by atoms with E-state index < -0.39 is 0 Å². The molecule has 128 valence electrons. The molecule has 0 aliphatic heterocycles. The lowest BCUT2D eigenvalue weighted by molar-refractivity contribution is 0.0938. The highest BCUT2D eigenvalue weighted by molar-refractivity contribution is 5.93. The second kappa shape index (κ2) is 6.73. The summed E-state index contributed by atoms with van der Waals surface area (Å²) in [5.41, 5.74) is 11.5. The minimum Gasteiger partial charge on any atom is -0.340 e. The lowest BCUT2D eigenvalue weighted by atomic mass is 9.95. The van der Waals surface area contributed by atoms with E-state index in [-0.39, 0.29) is 5.91 Å². The van der Waals surface area contributed by atoms with Crippen LogP contribution in [0.4, 0.5) is 0 Å². The second-order valence-corrected chi connectivity index (χ2v) is 6.64. The molecule has 0 saturated carbocycles. The Balaban J connectivity index is 1.68. The van der Waals surface area contributed by atoms with E-state index in [1.54, 1.807) is 7.05 Å². The summed E-state index contributed by atoms with van der Waals surface area (Å²) >= 11 is 0. The predicted octanol–water partition coefficient (Wildman–Crippen LogP) is 3.43. The summed E-state index contributed by atoms with van der Waals surface area (Å²) in [6.07, 6.45) is 4.90. The number of aromatic nitrogens is 1. The van der Waals surface area contributed by atoms with Crippen molar-refractivity contribution in [2.24, 2.45) is 0 Å². The number of fused-ring (bicyclic) bond motifs is 3. The number of amides is 1. The highest BCUT2D eigenvalue weighted by atomic mass is 16.2. The molecule has 0 spiro atoms. The molecule has 1 aromatic heterocycles. The van der Waals surface area contributed by atoms with Crippen molar-refractivity contribution in [2.75, 3.05) is 7.05 Å². The smallest absolute Gasteiger partial charge is 0.265 e. The summed E-state index contributed by atoms with van der Waals surface area (Å²) in [7, 11) is 1.69. The first-order valence-electron chi connectivity index (χ1n) is 8.93. The van der Waals surface area contributed by atoms with Gasteiger partial charge in [-0.1, -0.05) is 30.3 Å². The minimum atomic E-state index is -0.113. The van der Waals surface area contributed by atoms with Crippen LogP contribution in [0.3, 0.4) is 0 Å². The Morgan fingerprint density at radius 3 is 2.60 bits per heavy atom. The van der Waals surface area contributed by atoms with Crippen LogP contribution in [0.5, 0.6) is 0 Å². The SMILES string of the molecule is CNNC(=O)c1ccc(Cn2c3c(c4ccccc42)CCCC3)cc1. The van der Waals surface area contributed by atoms with Gasteiger partial charge in [-0.3, -0.25) is 10.2 Å². The van der Waals surface area contributed by atoms with Crippen LogP contribution in [0.25, 0.3) is 10.9 Å². The Bertz CT molecular complexity index is 909. The fourth-order valence-corrected chi connectivity index (χ4v) is 3.90. The van der Waals surface area contributed by atoms with Gasteiger partial charge in [-0.05, 0) is 55.0 Å². The van der Waals surface area contributed by atoms with Gasteiger partial charge >= 0.3 is 0 Å². The number of nitrogens with zero attached hydrogens (tertiary/aromatic N) is 1. The highest BCUT2D eigenvalue weighted by Gasteiger charge is 2.19. The molecule has 1 aliphatic rings. The molecule has 2 aromatic carbocycles. The summed E-state index contributed by atoms with van der Waals surface area (Å²) < 4.78 is 2.46. The van der Waals surface area contributed by atoms with E-state index in [0.29, 0.717) is 5.56 Å². The molecule has 0 unspecified atom stereocenters. The molecule has 0 atom stereocenters. The van der Waals surface area contributed by atoms with Crippen LogP contribution in [0.1, 0.15) is 40.0 Å². The van der Waals surface area contributed by atoms with E-state index in [1.807, 2.05) is 12.1 Å². The normalized spacial score (nSPS) is 13.6. The summed E-state index contributed by atoms with van der Waals surface area (Å²) in [6, 6.07) is 16.6. The van der Waals surface area contributed by atoms with Crippen molar-refractivity contribution < 1.29 is 4.79 Å². The van der Waals surface area contributed by atoms with Gasteiger partial charge < -0.3 is 4.57 Å². The van der Waals surface area contributed by atoms with Crippen LogP contribution in [-0.4, -0.2) is 17.5 Å². The zero-order valence-electron chi connectivity index (χ0n) is 14.5. The van der Waals surface area contributed by atoms with Crippen LogP contribution in [0.2, 0.25) is 0 Å². The van der Waals surface area contributed by atoms with Crippen LogP contribution >= 0.6 is 0 Å². The van der Waals surface area contributed by atoms with Crippen molar-refractivity contribution in [3.63, 3.8) is 0 Å². The van der Waals surface area contributed by atoms with E-state index in [4.69, 9.17) is 0 Å². The molecule has 0 saturated heterocycles. The zero-order valence-corrected chi connectivity index (χ0v) is 14.5. The molecule has 4 rings (SSSR count). The molecule has 0 fully saturated rings. The molecular formula is C21H23N3O. The van der Waals surface area contributed by atoms with E-state index >= 15 is 0 Å². The first-order valence-corrected chi connectivity index (χ1v) is 8.93. The molecule has 2 N–H and O–H groups in total. The van der Waals surface area contributed by atoms with Crippen LogP contribution < -0.4 is 10.9 Å². The molecule has 3 aromatic rings. The van der Waals surface area contributed by atoms with Crippen molar-refractivity contribution in [1.82, 2.24) is 15.4 Å². The molecular weight excluding hydrogens is 310 g/mol. The first-order chi connectivity index (χ1) is 12.3. The summed E-state index contributed by atoms with van der Waals surface area (Å²) in [6.45, 7) is 0.851. The van der Waals surface area contributed by atoms with Gasteiger partial charge in [-0.25, -0.2) is 5.43 Å². The lowest BCUT2D eigenvalue weighted by Crippen LogP contribution is -2.34. The quantitative estimate of drug-likeness (QED) is 0.719. The number of hydrazine groups is 1. The maximum absolute atomic E-state index is 11.9. The standard InChI is InChI=1S/C21H23N3O/c1-22-23-21(25)16-12-10-15(11-13-16)14-24-19-8-4-2-6-17(19)18-7-3-5-9-20(18)24/h2,4,6,8,10-13,22H,3,5,7,9,14H2,1H3,(H,23,25). The number of benzene rings is 2. The Labute approximate surface area is 147 Å². The van der Waals surface area contributed by atoms with E-state index in [1.165, 1.54) is 47.0 Å². The largest absolute Gasteiger partial charge is 0.340 e. The Morgan fingerprint density at radius 1 is 1.04 bits per heavy atom. The lowest BCUT2D eigenvalue weighted by Gasteiger charge is -2.16. The number of hydrogen-bond donors (Lipinski definition) is 2. The van der Waals surface area contributed by atoms with Crippen molar-refractivity contribution >= 4 is 16.8 Å². The number of carbonyl (C=O) groups excluding carboxylic acids is 1. The molecule has 1 heterocycles. The topological polar surface area (TPSA) is 46.1 Å². The number of para-hydroxylation sites is 1. The molecule has 0 bridgehead atoms. The number of carbonyl (C=O) groups is 1. The third kappa shape index (κ3) is 2.94. The van der Waals surface area contributed by atoms with Crippen LogP contribution in [-0.2, 0) is 19.4 Å². The molecule has 1 aliphatic carbocycles. The molecule has 25 heavy (non-hydrogen) atoms. The minimum absolute atomic E-state index is 0.113. The Morgan fingerprint density at radius 2 is 1.80 bits per heavy atom. The third-order valence-electron chi connectivity index (χ3n) is 5.08. The number of hydrogen-bond acceptors (Lipinski definition) is 2. The average Bonchev–Trinajstić information content (AvgIpc) is 2.97. The zero-order chi connectivity index (χ0) is 17.2. The van der Waals surface area contributed by atoms with Crippen molar-refractivity contribution in [2.45, 2.75) is 32.2 Å². The predicted molar refractivity (Wildman–Crippen MR) is 101 cm³/mol. The first kappa shape index (κ1) is 15.9. The van der Waals surface area contributed by atoms with Gasteiger partial charge in [0.25, 0.3) is 5.91 Å². The van der Waals surface area contributed by atoms with Gasteiger partial charge in [0.2, 0.25) is 0 Å². The fourth-order valence-electron chi connectivity index (χ4n) is 3.90. The summed E-state index contributed by atoms with van der Waals surface area (Å²) in [5, 5.41) is 1.40. The maximum Gasteiger partial charge on any atom is 0.265 e. The van der Waals surface area contributed by atoms with Crippen molar-refractivity contribution in [3.8, 4) is 0 Å². The summed E-state index contributed by atoms with van der Waals surface area (Å²) in [5.74, 6) is -0.113. The van der Waals surface area contributed by atoms with Gasteiger partial charge in [-0.15, -0.1) is 0 Å². The van der Waals surface area contributed by atoms with Gasteiger partial charge in [-0.2, -0.15) is 0 Å². The number of aryl methyl sites for hydroxylation is 1. The monoisotopic (exact) mass is 333 g/mol. The third-order valence-corrected chi connectivity index (χ3v) is 5.08. The van der Waals surface area contributed by atoms with E-state index in [0.717, 1.165) is 13.0 Å². The maximum atomic E-state index is 11.9. The van der Waals surface area contributed by atoms with E-state index in [2.05, 4.69) is 51.8 Å². The molecule has 0 radical (unpaired) electrons. The summed E-state index contributed by atoms with van der Waals surface area (Å²) in [4.78, 5) is 11.9. The average molecular weight is 333 g/mol. The van der Waals surface area contributed by atoms with E-state index in [9.17, 15) is 4.79 Å². The fraction of sp³-hybridized carbons (Fsp3) is 0.286. The Hall–Kier alpha value is -2.59. The van der Waals surface area contributed by atoms with Crippen molar-refractivity contribution in [1.29, 1.82) is 0 Å². The number of nitrogens with one attached hydrogen (secondary N) is 2.